The Hall–Kier alpha value is -3.14. The van der Waals surface area contributed by atoms with Crippen molar-refractivity contribution in [2.75, 3.05) is 22.9 Å². The smallest absolute Gasteiger partial charge is 0.387 e. The Morgan fingerprint density at radius 2 is 1.93 bits per heavy atom. The molecule has 0 aliphatic carbocycles. The number of aryl methyl sites for hydroxylation is 1. The first-order valence-electron chi connectivity index (χ1n) is 9.23. The van der Waals surface area contributed by atoms with Crippen molar-refractivity contribution in [3.63, 3.8) is 0 Å². The minimum absolute atomic E-state index is 0.0189. The number of nitriles is 1. The summed E-state index contributed by atoms with van der Waals surface area (Å²) in [5, 5.41) is 8.93. The van der Waals surface area contributed by atoms with Crippen LogP contribution in [0.5, 0.6) is 5.75 Å². The van der Waals surface area contributed by atoms with E-state index < -0.39 is 6.61 Å². The van der Waals surface area contributed by atoms with E-state index in [0.29, 0.717) is 18.5 Å². The van der Waals surface area contributed by atoms with Crippen LogP contribution in [0.4, 0.5) is 20.2 Å². The number of carbonyl (C=O) groups excluding carboxylic acids is 1. The third kappa shape index (κ3) is 3.38. The molecule has 1 fully saturated rings. The maximum Gasteiger partial charge on any atom is 0.387 e. The van der Waals surface area contributed by atoms with Gasteiger partial charge in [0.1, 0.15) is 11.8 Å². The Morgan fingerprint density at radius 3 is 2.64 bits per heavy atom. The number of hydrogen-bond donors (Lipinski definition) is 0. The lowest BCUT2D eigenvalue weighted by molar-refractivity contribution is -0.118. The molecule has 1 amide bonds. The number of carbonyl (C=O) groups is 1. The SMILES string of the molecule is N#Cc1ccc(N2CC[C@H](N3CCCc4cc(OC(F)F)ccc43)C2=O)cc1. The molecule has 28 heavy (non-hydrogen) atoms. The van der Waals surface area contributed by atoms with Crippen LogP contribution in [-0.2, 0) is 11.2 Å². The van der Waals surface area contributed by atoms with Gasteiger partial charge in [0.05, 0.1) is 11.6 Å². The second kappa shape index (κ2) is 7.47. The monoisotopic (exact) mass is 383 g/mol. The summed E-state index contributed by atoms with van der Waals surface area (Å²) in [4.78, 5) is 16.9. The van der Waals surface area contributed by atoms with Crippen molar-refractivity contribution in [2.24, 2.45) is 0 Å². The van der Waals surface area contributed by atoms with E-state index in [0.717, 1.165) is 36.3 Å². The highest BCUT2D eigenvalue weighted by molar-refractivity contribution is 6.01. The van der Waals surface area contributed by atoms with Crippen LogP contribution in [0.1, 0.15) is 24.0 Å². The van der Waals surface area contributed by atoms with Crippen LogP contribution in [0, 0.1) is 11.3 Å². The van der Waals surface area contributed by atoms with E-state index >= 15 is 0 Å². The molecule has 2 aliphatic heterocycles. The molecule has 2 aliphatic rings. The van der Waals surface area contributed by atoms with Crippen molar-refractivity contribution in [3.8, 4) is 11.8 Å². The highest BCUT2D eigenvalue weighted by atomic mass is 19.3. The highest BCUT2D eigenvalue weighted by Crippen LogP contribution is 2.35. The Balaban J connectivity index is 1.55. The molecule has 4 rings (SSSR count). The van der Waals surface area contributed by atoms with Crippen LogP contribution in [0.25, 0.3) is 0 Å². The molecule has 0 bridgehead atoms. The Morgan fingerprint density at radius 1 is 1.14 bits per heavy atom. The molecule has 0 saturated carbocycles. The first kappa shape index (κ1) is 18.2. The zero-order valence-electron chi connectivity index (χ0n) is 15.1. The van der Waals surface area contributed by atoms with Gasteiger partial charge >= 0.3 is 6.61 Å². The Labute approximate surface area is 161 Å². The number of ether oxygens (including phenoxy) is 1. The van der Waals surface area contributed by atoms with Gasteiger partial charge in [-0.05, 0) is 67.3 Å². The largest absolute Gasteiger partial charge is 0.435 e. The van der Waals surface area contributed by atoms with E-state index in [-0.39, 0.29) is 17.7 Å². The number of halogens is 2. The predicted octanol–water partition coefficient (Wildman–Crippen LogP) is 3.72. The van der Waals surface area contributed by atoms with Crippen LogP contribution < -0.4 is 14.5 Å². The molecule has 2 aromatic carbocycles. The summed E-state index contributed by atoms with van der Waals surface area (Å²) in [6.07, 6.45) is 2.31. The van der Waals surface area contributed by atoms with Gasteiger partial charge in [-0.3, -0.25) is 4.79 Å². The maximum absolute atomic E-state index is 13.1. The number of nitrogens with zero attached hydrogens (tertiary/aromatic N) is 3. The second-order valence-corrected chi connectivity index (χ2v) is 6.92. The first-order valence-corrected chi connectivity index (χ1v) is 9.23. The van der Waals surface area contributed by atoms with Gasteiger partial charge in [0.25, 0.3) is 0 Å². The zero-order chi connectivity index (χ0) is 19.7. The fraction of sp³-hybridized carbons (Fsp3) is 0.333. The molecule has 0 N–H and O–H groups in total. The average molecular weight is 383 g/mol. The molecule has 1 atom stereocenters. The molecular formula is C21H19F2N3O2. The standard InChI is InChI=1S/C21H19F2N3O2/c22-21(23)28-17-7-8-18-15(12-17)2-1-10-26(18)19-9-11-25(20(19)27)16-5-3-14(13-24)4-6-16/h3-8,12,19,21H,1-2,9-11H2/t19-/m0/s1. The van der Waals surface area contributed by atoms with Crippen molar-refractivity contribution < 1.29 is 18.3 Å². The molecule has 0 radical (unpaired) electrons. The van der Waals surface area contributed by atoms with Crippen LogP contribution in [-0.4, -0.2) is 31.7 Å². The molecule has 2 aromatic rings. The minimum atomic E-state index is -2.85. The van der Waals surface area contributed by atoms with Gasteiger partial charge in [-0.2, -0.15) is 14.0 Å². The number of alkyl halides is 2. The van der Waals surface area contributed by atoms with Crippen molar-refractivity contribution in [1.82, 2.24) is 0 Å². The van der Waals surface area contributed by atoms with Crippen molar-refractivity contribution in [2.45, 2.75) is 31.9 Å². The van der Waals surface area contributed by atoms with E-state index in [1.165, 1.54) is 6.07 Å². The van der Waals surface area contributed by atoms with Crippen molar-refractivity contribution >= 4 is 17.3 Å². The third-order valence-corrected chi connectivity index (χ3v) is 5.29. The molecule has 0 spiro atoms. The third-order valence-electron chi connectivity index (χ3n) is 5.29. The summed E-state index contributed by atoms with van der Waals surface area (Å²) < 4.78 is 29.5. The van der Waals surface area contributed by atoms with Crippen LogP contribution in [0.3, 0.4) is 0 Å². The predicted molar refractivity (Wildman–Crippen MR) is 101 cm³/mol. The number of anilines is 2. The Bertz CT molecular complexity index is 924. The van der Waals surface area contributed by atoms with E-state index in [1.807, 2.05) is 0 Å². The lowest BCUT2D eigenvalue weighted by atomic mass is 9.99. The van der Waals surface area contributed by atoms with Gasteiger partial charge in [-0.25, -0.2) is 0 Å². The number of amides is 1. The second-order valence-electron chi connectivity index (χ2n) is 6.92. The fourth-order valence-corrected chi connectivity index (χ4v) is 4.03. The zero-order valence-corrected chi connectivity index (χ0v) is 15.1. The van der Waals surface area contributed by atoms with E-state index in [1.54, 1.807) is 41.3 Å². The highest BCUT2D eigenvalue weighted by Gasteiger charge is 2.38. The lowest BCUT2D eigenvalue weighted by Gasteiger charge is -2.35. The van der Waals surface area contributed by atoms with E-state index in [9.17, 15) is 13.6 Å². The molecule has 1 saturated heterocycles. The molecule has 5 nitrogen and oxygen atoms in total. The van der Waals surface area contributed by atoms with Crippen LogP contribution >= 0.6 is 0 Å². The van der Waals surface area contributed by atoms with Gasteiger partial charge < -0.3 is 14.5 Å². The van der Waals surface area contributed by atoms with Crippen LogP contribution in [0.15, 0.2) is 42.5 Å². The molecule has 144 valence electrons. The first-order chi connectivity index (χ1) is 13.6. The number of fused-ring (bicyclic) bond motifs is 1. The van der Waals surface area contributed by atoms with Crippen LogP contribution in [0.2, 0.25) is 0 Å². The Kier molecular flexibility index (Phi) is 4.86. The van der Waals surface area contributed by atoms with Crippen molar-refractivity contribution in [3.05, 3.63) is 53.6 Å². The fourth-order valence-electron chi connectivity index (χ4n) is 4.03. The van der Waals surface area contributed by atoms with Gasteiger partial charge in [-0.1, -0.05) is 0 Å². The molecule has 0 unspecified atom stereocenters. The number of rotatable bonds is 4. The average Bonchev–Trinajstić information content (AvgIpc) is 3.08. The molecular weight excluding hydrogens is 364 g/mol. The number of benzene rings is 2. The minimum Gasteiger partial charge on any atom is -0.435 e. The van der Waals surface area contributed by atoms with Gasteiger partial charge in [-0.15, -0.1) is 0 Å². The van der Waals surface area contributed by atoms with Gasteiger partial charge in [0.2, 0.25) is 5.91 Å². The normalized spacial score (nSPS) is 18.9. The van der Waals surface area contributed by atoms with Crippen molar-refractivity contribution in [1.29, 1.82) is 5.26 Å². The summed E-state index contributed by atoms with van der Waals surface area (Å²) >= 11 is 0. The van der Waals surface area contributed by atoms with E-state index in [2.05, 4.69) is 15.7 Å². The molecule has 0 aromatic heterocycles. The quantitative estimate of drug-likeness (QED) is 0.808. The molecule has 7 heteroatoms. The summed E-state index contributed by atoms with van der Waals surface area (Å²) in [6, 6.07) is 13.7. The van der Waals surface area contributed by atoms with E-state index in [4.69, 9.17) is 5.26 Å². The summed E-state index contributed by atoms with van der Waals surface area (Å²) in [6.45, 7) is -1.50. The van der Waals surface area contributed by atoms with Gasteiger partial charge in [0.15, 0.2) is 0 Å². The lowest BCUT2D eigenvalue weighted by Crippen LogP contribution is -2.44. The summed E-state index contributed by atoms with van der Waals surface area (Å²) in [5.74, 6) is 0.165. The topological polar surface area (TPSA) is 56.6 Å². The summed E-state index contributed by atoms with van der Waals surface area (Å²) in [7, 11) is 0. The summed E-state index contributed by atoms with van der Waals surface area (Å²) in [5.41, 5.74) is 3.17. The number of hydrogen-bond acceptors (Lipinski definition) is 4. The molecule has 2 heterocycles. The maximum atomic E-state index is 13.1. The van der Waals surface area contributed by atoms with Gasteiger partial charge in [0, 0.05) is 24.5 Å².